The number of halogens is 4. The fourth-order valence-electron chi connectivity index (χ4n) is 1.22. The number of hydrogen-bond donors (Lipinski definition) is 1. The summed E-state index contributed by atoms with van der Waals surface area (Å²) in [4.78, 5) is 11.4. The molecule has 2 nitrogen and oxygen atoms in total. The fourth-order valence-corrected chi connectivity index (χ4v) is 1.22. The van der Waals surface area contributed by atoms with Crippen LogP contribution < -0.4 is 5.32 Å². The molecule has 0 unspecified atom stereocenters. The van der Waals surface area contributed by atoms with E-state index in [2.05, 4.69) is 5.32 Å². The zero-order chi connectivity index (χ0) is 15.1. The van der Waals surface area contributed by atoms with Crippen LogP contribution >= 0.6 is 0 Å². The summed E-state index contributed by atoms with van der Waals surface area (Å²) in [6, 6.07) is 1.77. The van der Waals surface area contributed by atoms with Crippen LogP contribution in [0.5, 0.6) is 0 Å². The van der Waals surface area contributed by atoms with E-state index < -0.39 is 23.5 Å². The molecule has 108 valence electrons. The highest BCUT2D eigenvalue weighted by Crippen LogP contribution is 2.30. The molecule has 0 aromatic heterocycles. The SMILES string of the molecule is CC.CCCNC(=O)c1cc(F)cc(C(F)(F)F)c1. The highest BCUT2D eigenvalue weighted by Gasteiger charge is 2.31. The number of alkyl halides is 3. The summed E-state index contributed by atoms with van der Waals surface area (Å²) in [5.74, 6) is -1.79. The predicted octanol–water partition coefficient (Wildman–Crippen LogP) is 4.01. The maximum Gasteiger partial charge on any atom is 0.416 e. The average Bonchev–Trinajstić information content (AvgIpc) is 2.36. The molecule has 1 aromatic carbocycles. The maximum atomic E-state index is 13.0. The first kappa shape index (κ1) is 17.4. The summed E-state index contributed by atoms with van der Waals surface area (Å²) < 4.78 is 50.1. The van der Waals surface area contributed by atoms with E-state index >= 15 is 0 Å². The van der Waals surface area contributed by atoms with Crippen molar-refractivity contribution in [3.8, 4) is 0 Å². The molecule has 0 atom stereocenters. The first-order valence-electron chi connectivity index (χ1n) is 6.00. The van der Waals surface area contributed by atoms with E-state index in [9.17, 15) is 22.4 Å². The summed E-state index contributed by atoms with van der Waals surface area (Å²) in [5, 5.41) is 2.38. The second-order valence-electron chi connectivity index (χ2n) is 3.48. The first-order valence-corrected chi connectivity index (χ1v) is 6.00. The van der Waals surface area contributed by atoms with Gasteiger partial charge in [-0.3, -0.25) is 4.79 Å². The number of nitrogens with one attached hydrogen (secondary N) is 1. The highest BCUT2D eigenvalue weighted by atomic mass is 19.4. The summed E-state index contributed by atoms with van der Waals surface area (Å²) >= 11 is 0. The maximum absolute atomic E-state index is 13.0. The van der Waals surface area contributed by atoms with E-state index in [1.54, 1.807) is 6.92 Å². The van der Waals surface area contributed by atoms with Crippen molar-refractivity contribution in [2.24, 2.45) is 0 Å². The summed E-state index contributed by atoms with van der Waals surface area (Å²) in [6.07, 6.45) is -4.02. The normalized spacial score (nSPS) is 10.5. The van der Waals surface area contributed by atoms with Crippen LogP contribution in [0, 0.1) is 5.82 Å². The summed E-state index contributed by atoms with van der Waals surface area (Å²) in [5.41, 5.74) is -1.50. The predicted molar refractivity (Wildman–Crippen MR) is 65.4 cm³/mol. The molecule has 1 amide bonds. The van der Waals surface area contributed by atoms with Gasteiger partial charge >= 0.3 is 6.18 Å². The van der Waals surface area contributed by atoms with E-state index in [-0.39, 0.29) is 5.56 Å². The van der Waals surface area contributed by atoms with Crippen molar-refractivity contribution in [3.63, 3.8) is 0 Å². The Labute approximate surface area is 109 Å². The van der Waals surface area contributed by atoms with Gasteiger partial charge in [-0.1, -0.05) is 20.8 Å². The molecule has 6 heteroatoms. The summed E-state index contributed by atoms with van der Waals surface area (Å²) in [6.45, 7) is 6.13. The molecule has 0 aliphatic heterocycles. The molecule has 1 rings (SSSR count). The molecule has 0 aliphatic rings. The number of amides is 1. The van der Waals surface area contributed by atoms with E-state index in [1.165, 1.54) is 0 Å². The lowest BCUT2D eigenvalue weighted by molar-refractivity contribution is -0.137. The van der Waals surface area contributed by atoms with Crippen LogP contribution in [0.15, 0.2) is 18.2 Å². The molecular weight excluding hydrogens is 262 g/mol. The van der Waals surface area contributed by atoms with Gasteiger partial charge in [0.15, 0.2) is 0 Å². The van der Waals surface area contributed by atoms with Gasteiger partial charge in [-0.05, 0) is 24.6 Å². The van der Waals surface area contributed by atoms with Crippen molar-refractivity contribution < 1.29 is 22.4 Å². The third kappa shape index (κ3) is 5.72. The van der Waals surface area contributed by atoms with Crippen LogP contribution in [-0.4, -0.2) is 12.5 Å². The third-order valence-electron chi connectivity index (χ3n) is 2.02. The third-order valence-corrected chi connectivity index (χ3v) is 2.02. The van der Waals surface area contributed by atoms with E-state index in [4.69, 9.17) is 0 Å². The van der Waals surface area contributed by atoms with Crippen molar-refractivity contribution in [1.82, 2.24) is 5.32 Å². The molecule has 19 heavy (non-hydrogen) atoms. The van der Waals surface area contributed by atoms with Crippen molar-refractivity contribution in [2.45, 2.75) is 33.4 Å². The Morgan fingerprint density at radius 2 is 1.79 bits per heavy atom. The van der Waals surface area contributed by atoms with Crippen LogP contribution in [0.4, 0.5) is 17.6 Å². The molecule has 0 fully saturated rings. The number of benzene rings is 1. The molecule has 0 aliphatic carbocycles. The molecule has 0 spiro atoms. The van der Waals surface area contributed by atoms with E-state index in [0.29, 0.717) is 25.1 Å². The minimum atomic E-state index is -4.66. The second kappa shape index (κ2) is 7.76. The Morgan fingerprint density at radius 1 is 1.21 bits per heavy atom. The largest absolute Gasteiger partial charge is 0.416 e. The fraction of sp³-hybridized carbons (Fsp3) is 0.462. The van der Waals surface area contributed by atoms with Gasteiger partial charge in [-0.25, -0.2) is 4.39 Å². The van der Waals surface area contributed by atoms with Gasteiger partial charge < -0.3 is 5.32 Å². The lowest BCUT2D eigenvalue weighted by Gasteiger charge is -2.09. The van der Waals surface area contributed by atoms with Gasteiger partial charge in [-0.15, -0.1) is 0 Å². The number of carbonyl (C=O) groups is 1. The number of hydrogen-bond acceptors (Lipinski definition) is 1. The summed E-state index contributed by atoms with van der Waals surface area (Å²) in [7, 11) is 0. The van der Waals surface area contributed by atoms with Crippen LogP contribution in [0.2, 0.25) is 0 Å². The van der Waals surface area contributed by atoms with E-state index in [1.807, 2.05) is 13.8 Å². The molecule has 0 radical (unpaired) electrons. The zero-order valence-corrected chi connectivity index (χ0v) is 11.1. The Morgan fingerprint density at radius 3 is 2.26 bits per heavy atom. The van der Waals surface area contributed by atoms with Gasteiger partial charge in [0.1, 0.15) is 5.82 Å². The van der Waals surface area contributed by atoms with Crippen molar-refractivity contribution in [3.05, 3.63) is 35.1 Å². The standard InChI is InChI=1S/C11H11F4NO.C2H6/c1-2-3-16-10(17)7-4-8(11(13,14)15)6-9(12)5-7;1-2/h4-6H,2-3H2,1H3,(H,16,17);1-2H3. The number of rotatable bonds is 3. The molecule has 1 aromatic rings. The Kier molecular flexibility index (Phi) is 7.11. The van der Waals surface area contributed by atoms with Crippen LogP contribution in [0.25, 0.3) is 0 Å². The van der Waals surface area contributed by atoms with Crippen molar-refractivity contribution in [2.75, 3.05) is 6.54 Å². The molecule has 1 N–H and O–H groups in total. The van der Waals surface area contributed by atoms with Crippen LogP contribution in [0.3, 0.4) is 0 Å². The smallest absolute Gasteiger partial charge is 0.352 e. The monoisotopic (exact) mass is 279 g/mol. The average molecular weight is 279 g/mol. The number of carbonyl (C=O) groups excluding carboxylic acids is 1. The lowest BCUT2D eigenvalue weighted by Crippen LogP contribution is -2.24. The zero-order valence-electron chi connectivity index (χ0n) is 11.1. The van der Waals surface area contributed by atoms with Crippen LogP contribution in [0.1, 0.15) is 43.1 Å². The molecule has 0 saturated heterocycles. The minimum Gasteiger partial charge on any atom is -0.352 e. The van der Waals surface area contributed by atoms with Crippen molar-refractivity contribution in [1.29, 1.82) is 0 Å². The van der Waals surface area contributed by atoms with E-state index in [0.717, 1.165) is 6.07 Å². The molecular formula is C13H17F4NO. The van der Waals surface area contributed by atoms with Crippen molar-refractivity contribution >= 4 is 5.91 Å². The van der Waals surface area contributed by atoms with Gasteiger partial charge in [0.05, 0.1) is 5.56 Å². The second-order valence-corrected chi connectivity index (χ2v) is 3.48. The van der Waals surface area contributed by atoms with Gasteiger partial charge in [0.2, 0.25) is 0 Å². The van der Waals surface area contributed by atoms with Gasteiger partial charge in [-0.2, -0.15) is 13.2 Å². The highest BCUT2D eigenvalue weighted by molar-refractivity contribution is 5.94. The Balaban J connectivity index is 0.00000154. The lowest BCUT2D eigenvalue weighted by atomic mass is 10.1. The quantitative estimate of drug-likeness (QED) is 0.832. The minimum absolute atomic E-state index is 0.328. The van der Waals surface area contributed by atoms with Crippen LogP contribution in [-0.2, 0) is 6.18 Å². The Hall–Kier alpha value is -1.59. The van der Waals surface area contributed by atoms with Gasteiger partial charge in [0.25, 0.3) is 5.91 Å². The Bertz CT molecular complexity index is 416. The first-order chi connectivity index (χ1) is 8.84. The van der Waals surface area contributed by atoms with Gasteiger partial charge in [0, 0.05) is 12.1 Å². The molecule has 0 heterocycles. The topological polar surface area (TPSA) is 29.1 Å². The molecule has 0 bridgehead atoms. The molecule has 0 saturated carbocycles.